The Hall–Kier alpha value is -0.0500. The summed E-state index contributed by atoms with van der Waals surface area (Å²) in [6, 6.07) is 0. The number of aliphatic hydroxyl groups is 3. The zero-order valence-electron chi connectivity index (χ0n) is 7.79. The second kappa shape index (κ2) is 4.44. The van der Waals surface area contributed by atoms with Crippen LogP contribution in [-0.4, -0.2) is 55.8 Å². The predicted molar refractivity (Wildman–Crippen MR) is 45.5 cm³/mol. The lowest BCUT2D eigenvalue weighted by Gasteiger charge is -2.38. The van der Waals surface area contributed by atoms with Crippen molar-refractivity contribution in [1.82, 2.24) is 0 Å². The SMILES string of the molecule is C[C@@H]1OC(O)[C@@H](OP(=O)(O)O)[C@H](O)[C@@H]1O. The molecule has 0 spiro atoms. The van der Waals surface area contributed by atoms with Gasteiger partial charge in [0.2, 0.25) is 0 Å². The molecule has 0 saturated carbocycles. The molecular weight excluding hydrogens is 231 g/mol. The molecule has 0 aromatic heterocycles. The van der Waals surface area contributed by atoms with Crippen LogP contribution in [0.4, 0.5) is 0 Å². The number of ether oxygens (including phenoxy) is 1. The van der Waals surface area contributed by atoms with Crippen LogP contribution in [0.15, 0.2) is 0 Å². The summed E-state index contributed by atoms with van der Waals surface area (Å²) in [5.74, 6) is 0. The quantitative estimate of drug-likeness (QED) is 0.349. The van der Waals surface area contributed by atoms with E-state index < -0.39 is 38.5 Å². The van der Waals surface area contributed by atoms with Crippen molar-refractivity contribution >= 4 is 7.82 Å². The van der Waals surface area contributed by atoms with E-state index in [9.17, 15) is 19.9 Å². The smallest absolute Gasteiger partial charge is 0.388 e. The van der Waals surface area contributed by atoms with Crippen LogP contribution in [0.5, 0.6) is 0 Å². The first kappa shape index (κ1) is 13.0. The maximum absolute atomic E-state index is 10.5. The van der Waals surface area contributed by atoms with E-state index in [0.29, 0.717) is 0 Å². The molecule has 0 radical (unpaired) electrons. The summed E-state index contributed by atoms with van der Waals surface area (Å²) in [6.07, 6.45) is -7.25. The van der Waals surface area contributed by atoms with E-state index in [1.54, 1.807) is 0 Å². The second-order valence-corrected chi connectivity index (χ2v) is 4.47. The summed E-state index contributed by atoms with van der Waals surface area (Å²) in [7, 11) is -4.87. The molecular formula is C6H13O8P. The van der Waals surface area contributed by atoms with Gasteiger partial charge in [-0.1, -0.05) is 0 Å². The van der Waals surface area contributed by atoms with Gasteiger partial charge in [-0.05, 0) is 6.92 Å². The van der Waals surface area contributed by atoms with Crippen molar-refractivity contribution < 1.29 is 38.9 Å². The number of phosphoric ester groups is 1. The highest BCUT2D eigenvalue weighted by Crippen LogP contribution is 2.40. The molecule has 0 bridgehead atoms. The third-order valence-corrected chi connectivity index (χ3v) is 2.58. The standard InChI is InChI=1S/C6H13O8P/c1-2-3(7)4(8)5(6(9)13-2)14-15(10,11)12/h2-9H,1H3,(H2,10,11,12)/t2-,3+,4+,5-,6?/m0/s1. The Balaban J connectivity index is 2.75. The highest BCUT2D eigenvalue weighted by molar-refractivity contribution is 7.46. The van der Waals surface area contributed by atoms with Crippen molar-refractivity contribution in [3.05, 3.63) is 0 Å². The highest BCUT2D eigenvalue weighted by atomic mass is 31.2. The van der Waals surface area contributed by atoms with Crippen molar-refractivity contribution in [3.8, 4) is 0 Å². The second-order valence-electron chi connectivity index (χ2n) is 3.27. The Kier molecular flexibility index (Phi) is 3.85. The van der Waals surface area contributed by atoms with Gasteiger partial charge in [0.15, 0.2) is 6.29 Å². The van der Waals surface area contributed by atoms with Crippen molar-refractivity contribution in [2.75, 3.05) is 0 Å². The Labute approximate surface area is 85.3 Å². The van der Waals surface area contributed by atoms with Gasteiger partial charge in [0.05, 0.1) is 6.10 Å². The van der Waals surface area contributed by atoms with Gasteiger partial charge in [-0.25, -0.2) is 4.57 Å². The number of phosphoric acid groups is 1. The molecule has 0 aromatic carbocycles. The minimum atomic E-state index is -4.87. The average molecular weight is 244 g/mol. The molecule has 90 valence electrons. The summed E-state index contributed by atoms with van der Waals surface area (Å²) in [4.78, 5) is 17.0. The molecule has 5 N–H and O–H groups in total. The number of rotatable bonds is 2. The maximum atomic E-state index is 10.5. The van der Waals surface area contributed by atoms with Gasteiger partial charge in [-0.15, -0.1) is 0 Å². The topological polar surface area (TPSA) is 137 Å². The third-order valence-electron chi connectivity index (χ3n) is 2.06. The third kappa shape index (κ3) is 3.20. The van der Waals surface area contributed by atoms with Crippen LogP contribution in [0.25, 0.3) is 0 Å². The van der Waals surface area contributed by atoms with Crippen molar-refractivity contribution in [2.45, 2.75) is 37.6 Å². The van der Waals surface area contributed by atoms with Gasteiger partial charge in [-0.2, -0.15) is 0 Å². The van der Waals surface area contributed by atoms with E-state index in [-0.39, 0.29) is 0 Å². The van der Waals surface area contributed by atoms with E-state index in [4.69, 9.17) is 14.5 Å². The number of aliphatic hydroxyl groups excluding tert-OH is 3. The largest absolute Gasteiger partial charge is 0.470 e. The maximum Gasteiger partial charge on any atom is 0.470 e. The van der Waals surface area contributed by atoms with Gasteiger partial charge >= 0.3 is 7.82 Å². The van der Waals surface area contributed by atoms with Crippen LogP contribution >= 0.6 is 7.82 Å². The summed E-state index contributed by atoms with van der Waals surface area (Å²) < 4.78 is 19.3. The summed E-state index contributed by atoms with van der Waals surface area (Å²) in [5, 5.41) is 27.9. The molecule has 1 aliphatic heterocycles. The fourth-order valence-corrected chi connectivity index (χ4v) is 1.84. The zero-order valence-corrected chi connectivity index (χ0v) is 8.69. The van der Waals surface area contributed by atoms with Gasteiger partial charge < -0.3 is 29.8 Å². The molecule has 8 nitrogen and oxygen atoms in total. The monoisotopic (exact) mass is 244 g/mol. The molecule has 15 heavy (non-hydrogen) atoms. The van der Waals surface area contributed by atoms with Crippen molar-refractivity contribution in [1.29, 1.82) is 0 Å². The Morgan fingerprint density at radius 1 is 1.20 bits per heavy atom. The van der Waals surface area contributed by atoms with Crippen LogP contribution in [0.1, 0.15) is 6.92 Å². The minimum Gasteiger partial charge on any atom is -0.388 e. The lowest BCUT2D eigenvalue weighted by molar-refractivity contribution is -0.273. The molecule has 5 atom stereocenters. The average Bonchev–Trinajstić information content (AvgIpc) is 2.07. The van der Waals surface area contributed by atoms with Crippen molar-refractivity contribution in [2.24, 2.45) is 0 Å². The van der Waals surface area contributed by atoms with E-state index in [1.807, 2.05) is 0 Å². The van der Waals surface area contributed by atoms with E-state index in [1.165, 1.54) is 6.92 Å². The molecule has 0 amide bonds. The lowest BCUT2D eigenvalue weighted by Crippen LogP contribution is -2.57. The fourth-order valence-electron chi connectivity index (χ4n) is 1.29. The number of hydrogen-bond acceptors (Lipinski definition) is 6. The van der Waals surface area contributed by atoms with Crippen LogP contribution in [0.3, 0.4) is 0 Å². The van der Waals surface area contributed by atoms with Gasteiger partial charge in [0, 0.05) is 0 Å². The van der Waals surface area contributed by atoms with Crippen molar-refractivity contribution in [3.63, 3.8) is 0 Å². The Morgan fingerprint density at radius 3 is 2.20 bits per heavy atom. The van der Waals surface area contributed by atoms with E-state index >= 15 is 0 Å². The summed E-state index contributed by atoms with van der Waals surface area (Å²) in [5.41, 5.74) is 0. The molecule has 1 fully saturated rings. The Bertz CT molecular complexity index is 264. The molecule has 1 saturated heterocycles. The molecule has 1 rings (SSSR count). The lowest BCUT2D eigenvalue weighted by atomic mass is 10.0. The first-order valence-corrected chi connectivity index (χ1v) is 5.69. The van der Waals surface area contributed by atoms with E-state index in [2.05, 4.69) is 4.52 Å². The molecule has 0 aromatic rings. The molecule has 1 aliphatic rings. The molecule has 9 heteroatoms. The first-order chi connectivity index (χ1) is 6.72. The predicted octanol–water partition coefficient (Wildman–Crippen LogP) is -2.08. The fraction of sp³-hybridized carbons (Fsp3) is 1.00. The summed E-state index contributed by atoms with van der Waals surface area (Å²) >= 11 is 0. The molecule has 0 aliphatic carbocycles. The van der Waals surface area contributed by atoms with Gasteiger partial charge in [0.1, 0.15) is 18.3 Å². The number of hydrogen-bond donors (Lipinski definition) is 5. The van der Waals surface area contributed by atoms with Crippen LogP contribution in [0.2, 0.25) is 0 Å². The minimum absolute atomic E-state index is 0.855. The first-order valence-electron chi connectivity index (χ1n) is 4.16. The molecule has 1 unspecified atom stereocenters. The zero-order chi connectivity index (χ0) is 11.8. The normalized spacial score (nSPS) is 42.9. The Morgan fingerprint density at radius 2 is 1.73 bits per heavy atom. The van der Waals surface area contributed by atoms with Crippen LogP contribution in [-0.2, 0) is 13.8 Å². The van der Waals surface area contributed by atoms with Crippen LogP contribution in [0, 0.1) is 0 Å². The van der Waals surface area contributed by atoms with E-state index in [0.717, 1.165) is 0 Å². The van der Waals surface area contributed by atoms with Gasteiger partial charge in [-0.3, -0.25) is 4.52 Å². The molecule has 1 heterocycles. The summed E-state index contributed by atoms with van der Waals surface area (Å²) in [6.45, 7) is 1.39. The van der Waals surface area contributed by atoms with Crippen LogP contribution < -0.4 is 0 Å². The van der Waals surface area contributed by atoms with Gasteiger partial charge in [0.25, 0.3) is 0 Å². The highest BCUT2D eigenvalue weighted by Gasteiger charge is 2.45.